The third-order valence-corrected chi connectivity index (χ3v) is 4.03. The van der Waals surface area contributed by atoms with Gasteiger partial charge in [0, 0.05) is 18.3 Å². The lowest BCUT2D eigenvalue weighted by molar-refractivity contribution is 0.0242. The highest BCUT2D eigenvalue weighted by Crippen LogP contribution is 2.21. The van der Waals surface area contributed by atoms with E-state index in [1.54, 1.807) is 6.20 Å². The molecule has 2 aromatic heterocycles. The van der Waals surface area contributed by atoms with Crippen LogP contribution in [0, 0.1) is 0 Å². The molecule has 21 heavy (non-hydrogen) atoms. The summed E-state index contributed by atoms with van der Waals surface area (Å²) in [7, 11) is 0. The Morgan fingerprint density at radius 3 is 2.81 bits per heavy atom. The highest BCUT2D eigenvalue weighted by molar-refractivity contribution is 5.59. The molecular formula is C16H22N4O. The Bertz CT molecular complexity index is 558. The standard InChI is InChI=1S/C16H22N4O/c17-16-7-6-13(10-19-16)15-11-18-12-20(15)8-9-21-14-4-2-1-3-5-14/h6-7,10-12,14H,1-5,8-9H2,(H2,17,19). The van der Waals surface area contributed by atoms with Crippen LogP contribution in [0.25, 0.3) is 11.3 Å². The van der Waals surface area contributed by atoms with E-state index in [1.807, 2.05) is 24.7 Å². The fourth-order valence-electron chi connectivity index (χ4n) is 2.85. The largest absolute Gasteiger partial charge is 0.384 e. The van der Waals surface area contributed by atoms with Crippen LogP contribution in [0.4, 0.5) is 5.82 Å². The van der Waals surface area contributed by atoms with E-state index in [9.17, 15) is 0 Å². The lowest BCUT2D eigenvalue weighted by atomic mass is 9.98. The summed E-state index contributed by atoms with van der Waals surface area (Å²) in [4.78, 5) is 8.37. The van der Waals surface area contributed by atoms with Gasteiger partial charge in [-0.15, -0.1) is 0 Å². The van der Waals surface area contributed by atoms with E-state index in [-0.39, 0.29) is 0 Å². The van der Waals surface area contributed by atoms with Crippen molar-refractivity contribution in [2.45, 2.75) is 44.8 Å². The summed E-state index contributed by atoms with van der Waals surface area (Å²) in [6.45, 7) is 1.55. The summed E-state index contributed by atoms with van der Waals surface area (Å²) in [6, 6.07) is 3.78. The topological polar surface area (TPSA) is 66.0 Å². The Kier molecular flexibility index (Phi) is 4.50. The molecule has 0 aliphatic heterocycles. The SMILES string of the molecule is Nc1ccc(-c2cncn2CCOC2CCCCC2)cn1. The molecule has 1 aliphatic rings. The molecule has 1 aliphatic carbocycles. The van der Waals surface area contributed by atoms with E-state index >= 15 is 0 Å². The lowest BCUT2D eigenvalue weighted by Gasteiger charge is -2.22. The van der Waals surface area contributed by atoms with Gasteiger partial charge in [-0.25, -0.2) is 9.97 Å². The third kappa shape index (κ3) is 3.61. The summed E-state index contributed by atoms with van der Waals surface area (Å²) in [6.07, 6.45) is 12.3. The number of hydrogen-bond donors (Lipinski definition) is 1. The van der Waals surface area contributed by atoms with Gasteiger partial charge in [0.1, 0.15) is 5.82 Å². The molecular weight excluding hydrogens is 264 g/mol. The first-order valence-corrected chi connectivity index (χ1v) is 7.66. The second-order valence-corrected chi connectivity index (χ2v) is 5.57. The Labute approximate surface area is 125 Å². The molecule has 0 bridgehead atoms. The minimum atomic E-state index is 0.448. The van der Waals surface area contributed by atoms with E-state index in [4.69, 9.17) is 10.5 Å². The van der Waals surface area contributed by atoms with Crippen molar-refractivity contribution in [3.05, 3.63) is 30.9 Å². The number of hydrogen-bond acceptors (Lipinski definition) is 4. The van der Waals surface area contributed by atoms with E-state index < -0.39 is 0 Å². The molecule has 0 aromatic carbocycles. The van der Waals surface area contributed by atoms with Gasteiger partial charge in [0.25, 0.3) is 0 Å². The van der Waals surface area contributed by atoms with Gasteiger partial charge in [0.2, 0.25) is 0 Å². The zero-order valence-electron chi connectivity index (χ0n) is 12.2. The molecule has 5 heteroatoms. The van der Waals surface area contributed by atoms with E-state index in [0.717, 1.165) is 24.4 Å². The van der Waals surface area contributed by atoms with Crippen LogP contribution in [-0.2, 0) is 11.3 Å². The van der Waals surface area contributed by atoms with Gasteiger partial charge >= 0.3 is 0 Å². The first kappa shape index (κ1) is 14.1. The number of imidazole rings is 1. The molecule has 0 amide bonds. The van der Waals surface area contributed by atoms with Crippen molar-refractivity contribution in [3.8, 4) is 11.3 Å². The number of rotatable bonds is 5. The fraction of sp³-hybridized carbons (Fsp3) is 0.500. The number of anilines is 1. The van der Waals surface area contributed by atoms with Gasteiger partial charge in [-0.1, -0.05) is 19.3 Å². The van der Waals surface area contributed by atoms with Crippen molar-refractivity contribution in [3.63, 3.8) is 0 Å². The van der Waals surface area contributed by atoms with Crippen molar-refractivity contribution < 1.29 is 4.74 Å². The lowest BCUT2D eigenvalue weighted by Crippen LogP contribution is -2.19. The maximum atomic E-state index is 5.98. The average molecular weight is 286 g/mol. The molecule has 3 rings (SSSR count). The van der Waals surface area contributed by atoms with Gasteiger partial charge in [-0.3, -0.25) is 0 Å². The predicted octanol–water partition coefficient (Wildman–Crippen LogP) is 2.88. The van der Waals surface area contributed by atoms with Crippen LogP contribution >= 0.6 is 0 Å². The van der Waals surface area contributed by atoms with E-state index in [2.05, 4.69) is 14.5 Å². The van der Waals surface area contributed by atoms with Gasteiger partial charge in [0.15, 0.2) is 0 Å². The summed E-state index contributed by atoms with van der Waals surface area (Å²) in [5, 5.41) is 0. The molecule has 2 aromatic rings. The zero-order valence-corrected chi connectivity index (χ0v) is 12.2. The third-order valence-electron chi connectivity index (χ3n) is 4.03. The molecule has 0 atom stereocenters. The van der Waals surface area contributed by atoms with E-state index in [0.29, 0.717) is 11.9 Å². The van der Waals surface area contributed by atoms with Gasteiger partial charge in [-0.2, -0.15) is 0 Å². The number of nitrogens with zero attached hydrogens (tertiary/aromatic N) is 3. The van der Waals surface area contributed by atoms with Crippen LogP contribution in [0.1, 0.15) is 32.1 Å². The predicted molar refractivity (Wildman–Crippen MR) is 82.7 cm³/mol. The fourth-order valence-corrected chi connectivity index (χ4v) is 2.85. The Morgan fingerprint density at radius 2 is 2.05 bits per heavy atom. The monoisotopic (exact) mass is 286 g/mol. The van der Waals surface area contributed by atoms with Crippen LogP contribution in [0.3, 0.4) is 0 Å². The molecule has 1 saturated carbocycles. The molecule has 5 nitrogen and oxygen atoms in total. The van der Waals surface area contributed by atoms with Crippen LogP contribution < -0.4 is 5.73 Å². The number of aromatic nitrogens is 3. The number of nitrogens with two attached hydrogens (primary N) is 1. The Morgan fingerprint density at radius 1 is 1.19 bits per heavy atom. The summed E-state index contributed by atoms with van der Waals surface area (Å²) < 4.78 is 8.09. The second-order valence-electron chi connectivity index (χ2n) is 5.57. The smallest absolute Gasteiger partial charge is 0.123 e. The molecule has 0 unspecified atom stereocenters. The maximum Gasteiger partial charge on any atom is 0.123 e. The highest BCUT2D eigenvalue weighted by Gasteiger charge is 2.13. The quantitative estimate of drug-likeness (QED) is 0.917. The molecule has 2 N–H and O–H groups in total. The summed E-state index contributed by atoms with van der Waals surface area (Å²) in [5.74, 6) is 0.533. The summed E-state index contributed by atoms with van der Waals surface area (Å²) >= 11 is 0. The first-order valence-electron chi connectivity index (χ1n) is 7.66. The Hall–Kier alpha value is -1.88. The molecule has 0 saturated heterocycles. The molecule has 0 radical (unpaired) electrons. The zero-order chi connectivity index (χ0) is 14.5. The molecule has 112 valence electrons. The normalized spacial score (nSPS) is 16.2. The van der Waals surface area contributed by atoms with Gasteiger partial charge in [-0.05, 0) is 25.0 Å². The second kappa shape index (κ2) is 6.72. The highest BCUT2D eigenvalue weighted by atomic mass is 16.5. The Balaban J connectivity index is 1.59. The first-order chi connectivity index (χ1) is 10.3. The minimum Gasteiger partial charge on any atom is -0.384 e. The van der Waals surface area contributed by atoms with Crippen molar-refractivity contribution in [2.24, 2.45) is 0 Å². The van der Waals surface area contributed by atoms with Gasteiger partial charge in [0.05, 0.1) is 30.9 Å². The van der Waals surface area contributed by atoms with Crippen LogP contribution in [0.5, 0.6) is 0 Å². The molecule has 0 spiro atoms. The number of pyridine rings is 1. The minimum absolute atomic E-state index is 0.448. The average Bonchev–Trinajstić information content (AvgIpc) is 2.98. The molecule has 2 heterocycles. The van der Waals surface area contributed by atoms with Crippen LogP contribution in [0.2, 0.25) is 0 Å². The number of nitrogen functional groups attached to an aromatic ring is 1. The van der Waals surface area contributed by atoms with Crippen LogP contribution in [0.15, 0.2) is 30.9 Å². The van der Waals surface area contributed by atoms with Crippen LogP contribution in [-0.4, -0.2) is 27.2 Å². The van der Waals surface area contributed by atoms with Crippen molar-refractivity contribution in [1.29, 1.82) is 0 Å². The summed E-state index contributed by atoms with van der Waals surface area (Å²) in [5.41, 5.74) is 7.71. The van der Waals surface area contributed by atoms with Gasteiger partial charge < -0.3 is 15.0 Å². The van der Waals surface area contributed by atoms with Crippen molar-refractivity contribution in [2.75, 3.05) is 12.3 Å². The van der Waals surface area contributed by atoms with Crippen molar-refractivity contribution >= 4 is 5.82 Å². The maximum absolute atomic E-state index is 5.98. The molecule has 1 fully saturated rings. The van der Waals surface area contributed by atoms with Crippen molar-refractivity contribution in [1.82, 2.24) is 14.5 Å². The van der Waals surface area contributed by atoms with E-state index in [1.165, 1.54) is 32.1 Å². The number of ether oxygens (including phenoxy) is 1.